The van der Waals surface area contributed by atoms with Gasteiger partial charge in [0.05, 0.1) is 24.5 Å². The third kappa shape index (κ3) is 7.27. The SMILES string of the molecule is COC(=O)CSCCC(=O)NC(c1cccc(C(F)(F)F)c1)C(C)(C)C. The van der Waals surface area contributed by atoms with Crippen LogP contribution in [0.4, 0.5) is 13.2 Å². The maximum Gasteiger partial charge on any atom is 0.416 e. The standard InChI is InChI=1S/C18H24F3NO3S/c1-17(2,3)16(12-6-5-7-13(10-12)18(19,20)21)22-14(23)8-9-26-11-15(24)25-4/h5-7,10,16H,8-9,11H2,1-4H3,(H,22,23). The zero-order chi connectivity index (χ0) is 20.0. The summed E-state index contributed by atoms with van der Waals surface area (Å²) >= 11 is 1.27. The van der Waals surface area contributed by atoms with E-state index in [4.69, 9.17) is 0 Å². The second-order valence-electron chi connectivity index (χ2n) is 6.87. The Kier molecular flexibility index (Phi) is 7.99. The highest BCUT2D eigenvalue weighted by Gasteiger charge is 2.33. The number of rotatable bonds is 7. The Hall–Kier alpha value is -1.70. The molecule has 1 aromatic carbocycles. The van der Waals surface area contributed by atoms with Crippen LogP contribution in [0.1, 0.15) is 44.4 Å². The monoisotopic (exact) mass is 391 g/mol. The van der Waals surface area contributed by atoms with Gasteiger partial charge < -0.3 is 10.1 Å². The first-order chi connectivity index (χ1) is 11.9. The highest BCUT2D eigenvalue weighted by atomic mass is 32.2. The van der Waals surface area contributed by atoms with Crippen molar-refractivity contribution >= 4 is 23.6 Å². The fraction of sp³-hybridized carbons (Fsp3) is 0.556. The van der Waals surface area contributed by atoms with Crippen molar-refractivity contribution < 1.29 is 27.5 Å². The molecular formula is C18H24F3NO3S. The molecule has 146 valence electrons. The normalized spacial score (nSPS) is 13.2. The van der Waals surface area contributed by atoms with E-state index in [9.17, 15) is 22.8 Å². The number of alkyl halides is 3. The van der Waals surface area contributed by atoms with Gasteiger partial charge >= 0.3 is 12.1 Å². The Labute approximate surface area is 155 Å². The molecule has 0 aliphatic rings. The molecule has 1 unspecified atom stereocenters. The molecule has 0 aliphatic carbocycles. The van der Waals surface area contributed by atoms with Gasteiger partial charge in [0.25, 0.3) is 0 Å². The molecule has 0 aliphatic heterocycles. The molecular weight excluding hydrogens is 367 g/mol. The number of hydrogen-bond donors (Lipinski definition) is 1. The zero-order valence-electron chi connectivity index (χ0n) is 15.3. The van der Waals surface area contributed by atoms with E-state index in [1.807, 2.05) is 20.8 Å². The van der Waals surface area contributed by atoms with Crippen LogP contribution in [0.25, 0.3) is 0 Å². The van der Waals surface area contributed by atoms with E-state index in [0.717, 1.165) is 12.1 Å². The highest BCUT2D eigenvalue weighted by molar-refractivity contribution is 7.99. The van der Waals surface area contributed by atoms with E-state index >= 15 is 0 Å². The lowest BCUT2D eigenvalue weighted by Gasteiger charge is -2.32. The summed E-state index contributed by atoms with van der Waals surface area (Å²) in [6, 6.07) is 4.44. The number of carbonyl (C=O) groups excluding carboxylic acids is 2. The van der Waals surface area contributed by atoms with Crippen molar-refractivity contribution in [2.75, 3.05) is 18.6 Å². The van der Waals surface area contributed by atoms with Crippen molar-refractivity contribution in [2.24, 2.45) is 5.41 Å². The third-order valence-electron chi connectivity index (χ3n) is 3.64. The average Bonchev–Trinajstić information content (AvgIpc) is 2.54. The minimum absolute atomic E-state index is 0.153. The Bertz CT molecular complexity index is 627. The Morgan fingerprint density at radius 2 is 1.88 bits per heavy atom. The van der Waals surface area contributed by atoms with Crippen LogP contribution in [0.2, 0.25) is 0 Å². The lowest BCUT2D eigenvalue weighted by atomic mass is 9.82. The summed E-state index contributed by atoms with van der Waals surface area (Å²) < 4.78 is 43.4. The van der Waals surface area contributed by atoms with E-state index in [1.165, 1.54) is 24.9 Å². The lowest BCUT2D eigenvalue weighted by Crippen LogP contribution is -2.37. The lowest BCUT2D eigenvalue weighted by molar-refractivity contribution is -0.138. The van der Waals surface area contributed by atoms with Gasteiger partial charge in [-0.2, -0.15) is 13.2 Å². The molecule has 0 radical (unpaired) electrons. The molecule has 1 aromatic rings. The number of esters is 1. The van der Waals surface area contributed by atoms with Gasteiger partial charge in [-0.15, -0.1) is 11.8 Å². The van der Waals surface area contributed by atoms with Gasteiger partial charge in [-0.05, 0) is 23.1 Å². The van der Waals surface area contributed by atoms with Crippen molar-refractivity contribution in [3.8, 4) is 0 Å². The van der Waals surface area contributed by atoms with Gasteiger partial charge in [0.1, 0.15) is 0 Å². The van der Waals surface area contributed by atoms with Crippen molar-refractivity contribution in [1.82, 2.24) is 5.32 Å². The van der Waals surface area contributed by atoms with Gasteiger partial charge in [0.2, 0.25) is 5.91 Å². The van der Waals surface area contributed by atoms with E-state index in [0.29, 0.717) is 11.3 Å². The van der Waals surface area contributed by atoms with Crippen molar-refractivity contribution in [2.45, 2.75) is 39.4 Å². The summed E-state index contributed by atoms with van der Waals surface area (Å²) in [5.74, 6) is -0.0767. The largest absolute Gasteiger partial charge is 0.468 e. The molecule has 0 fully saturated rings. The van der Waals surface area contributed by atoms with E-state index in [2.05, 4.69) is 10.1 Å². The molecule has 26 heavy (non-hydrogen) atoms. The Morgan fingerprint density at radius 1 is 1.23 bits per heavy atom. The number of ether oxygens (including phenoxy) is 1. The highest BCUT2D eigenvalue weighted by Crippen LogP contribution is 2.36. The molecule has 0 bridgehead atoms. The van der Waals surface area contributed by atoms with Crippen molar-refractivity contribution in [3.63, 3.8) is 0 Å². The van der Waals surface area contributed by atoms with Crippen LogP contribution in [0, 0.1) is 5.41 Å². The van der Waals surface area contributed by atoms with Gasteiger partial charge in [-0.25, -0.2) is 0 Å². The molecule has 1 N–H and O–H groups in total. The van der Waals surface area contributed by atoms with Crippen molar-refractivity contribution in [1.29, 1.82) is 0 Å². The number of thioether (sulfide) groups is 1. The topological polar surface area (TPSA) is 55.4 Å². The molecule has 0 saturated heterocycles. The predicted octanol–water partition coefficient (Wildman–Crippen LogP) is 4.21. The number of carbonyl (C=O) groups is 2. The van der Waals surface area contributed by atoms with Crippen molar-refractivity contribution in [3.05, 3.63) is 35.4 Å². The van der Waals surface area contributed by atoms with Gasteiger partial charge in [0, 0.05) is 12.2 Å². The summed E-state index contributed by atoms with van der Waals surface area (Å²) in [6.45, 7) is 5.55. The van der Waals surface area contributed by atoms with Gasteiger partial charge in [-0.1, -0.05) is 32.9 Å². The second kappa shape index (κ2) is 9.30. The number of amides is 1. The summed E-state index contributed by atoms with van der Waals surface area (Å²) in [7, 11) is 1.29. The van der Waals surface area contributed by atoms with Gasteiger partial charge in [0.15, 0.2) is 0 Å². The first-order valence-corrected chi connectivity index (χ1v) is 9.21. The summed E-state index contributed by atoms with van der Waals surface area (Å²) in [5, 5.41) is 2.82. The summed E-state index contributed by atoms with van der Waals surface area (Å²) in [4.78, 5) is 23.2. The van der Waals surface area contributed by atoms with Gasteiger partial charge in [-0.3, -0.25) is 9.59 Å². The van der Waals surface area contributed by atoms with Crippen LogP contribution >= 0.6 is 11.8 Å². The fourth-order valence-electron chi connectivity index (χ4n) is 2.31. The fourth-order valence-corrected chi connectivity index (χ4v) is 3.07. The molecule has 1 amide bonds. The van der Waals surface area contributed by atoms with E-state index in [1.54, 1.807) is 6.07 Å². The quantitative estimate of drug-likeness (QED) is 0.559. The molecule has 0 saturated carbocycles. The van der Waals surface area contributed by atoms with Crippen LogP contribution in [-0.2, 0) is 20.5 Å². The molecule has 1 atom stereocenters. The molecule has 0 aromatic heterocycles. The molecule has 0 spiro atoms. The number of nitrogens with one attached hydrogen (secondary N) is 1. The van der Waals surface area contributed by atoms with Crippen LogP contribution < -0.4 is 5.32 Å². The first-order valence-electron chi connectivity index (χ1n) is 8.06. The zero-order valence-corrected chi connectivity index (χ0v) is 16.1. The first kappa shape index (κ1) is 22.3. The Balaban J connectivity index is 2.80. The molecule has 1 rings (SSSR count). The number of hydrogen-bond acceptors (Lipinski definition) is 4. The van der Waals surface area contributed by atoms with Crippen LogP contribution in [0.15, 0.2) is 24.3 Å². The van der Waals surface area contributed by atoms with Crippen LogP contribution in [0.5, 0.6) is 0 Å². The second-order valence-corrected chi connectivity index (χ2v) is 7.97. The number of benzene rings is 1. The van der Waals surface area contributed by atoms with Crippen LogP contribution in [-0.4, -0.2) is 30.5 Å². The molecule has 0 heterocycles. The van der Waals surface area contributed by atoms with Crippen LogP contribution in [0.3, 0.4) is 0 Å². The average molecular weight is 391 g/mol. The maximum absolute atomic E-state index is 13.0. The Morgan fingerprint density at radius 3 is 2.42 bits per heavy atom. The minimum atomic E-state index is -4.44. The smallest absolute Gasteiger partial charge is 0.416 e. The maximum atomic E-state index is 13.0. The molecule has 4 nitrogen and oxygen atoms in total. The van der Waals surface area contributed by atoms with E-state index in [-0.39, 0.29) is 24.1 Å². The summed E-state index contributed by atoms with van der Waals surface area (Å²) in [5.41, 5.74) is -0.811. The number of halogens is 3. The third-order valence-corrected chi connectivity index (χ3v) is 4.57. The minimum Gasteiger partial charge on any atom is -0.468 e. The summed E-state index contributed by atoms with van der Waals surface area (Å²) in [6.07, 6.45) is -4.28. The predicted molar refractivity (Wildman–Crippen MR) is 95.7 cm³/mol. The number of methoxy groups -OCH3 is 1. The van der Waals surface area contributed by atoms with E-state index < -0.39 is 23.2 Å². The molecule has 8 heteroatoms.